The lowest BCUT2D eigenvalue weighted by atomic mass is 9.43. The van der Waals surface area contributed by atoms with Crippen molar-refractivity contribution in [3.8, 4) is 5.75 Å². The fraction of sp³-hybridized carbons (Fsp3) is 0.588. The Hall–Kier alpha value is -0.0700. The number of hydrogen-bond acceptors (Lipinski definition) is 2. The number of carbonyl (C=O) groups excluding carboxylic acids is 1. The average Bonchev–Trinajstić information content (AvgIpc) is 2.97. The summed E-state index contributed by atoms with van der Waals surface area (Å²) in [6.45, 7) is 4.41. The molecule has 3 atom stereocenters. The summed E-state index contributed by atoms with van der Waals surface area (Å²) in [6, 6.07) is 7.53. The van der Waals surface area contributed by atoms with Gasteiger partial charge in [0, 0.05) is 10.2 Å². The number of para-hydroxylation sites is 2. The molecule has 2 bridgehead atoms. The van der Waals surface area contributed by atoms with E-state index in [0.717, 1.165) is 18.5 Å². The van der Waals surface area contributed by atoms with Crippen LogP contribution < -0.4 is 10.1 Å². The van der Waals surface area contributed by atoms with Crippen LogP contribution in [0.15, 0.2) is 24.3 Å². The molecule has 0 aromatic heterocycles. The first-order chi connectivity index (χ1) is 10.8. The van der Waals surface area contributed by atoms with Crippen molar-refractivity contribution in [1.29, 1.82) is 0 Å². The molecule has 0 aliphatic heterocycles. The van der Waals surface area contributed by atoms with E-state index in [9.17, 15) is 4.79 Å². The summed E-state index contributed by atoms with van der Waals surface area (Å²) in [5, 5.41) is 3.10. The van der Waals surface area contributed by atoms with Crippen LogP contribution in [0.5, 0.6) is 5.75 Å². The molecule has 1 amide bonds. The van der Waals surface area contributed by atoms with Gasteiger partial charge in [0.1, 0.15) is 5.75 Å². The lowest BCUT2D eigenvalue weighted by Gasteiger charge is -2.66. The molecule has 0 radical (unpaired) electrons. The molecule has 3 nitrogen and oxygen atoms in total. The highest BCUT2D eigenvalue weighted by Gasteiger charge is 2.83. The molecule has 3 aliphatic rings. The largest absolute Gasteiger partial charge is 0.495 e. The van der Waals surface area contributed by atoms with Gasteiger partial charge in [-0.3, -0.25) is 4.79 Å². The number of nitrogens with one attached hydrogen (secondary N) is 1. The smallest absolute Gasteiger partial charge is 0.232 e. The maximum Gasteiger partial charge on any atom is 0.232 e. The van der Waals surface area contributed by atoms with Crippen molar-refractivity contribution in [2.75, 3.05) is 12.4 Å². The van der Waals surface area contributed by atoms with Gasteiger partial charge in [0.25, 0.3) is 0 Å². The molecule has 0 saturated heterocycles. The Morgan fingerprint density at radius 2 is 1.96 bits per heavy atom. The van der Waals surface area contributed by atoms with E-state index >= 15 is 0 Å². The third-order valence-electron chi connectivity index (χ3n) is 6.25. The molecule has 6 heteroatoms. The van der Waals surface area contributed by atoms with Crippen molar-refractivity contribution in [3.05, 3.63) is 24.3 Å². The second kappa shape index (κ2) is 5.73. The van der Waals surface area contributed by atoms with E-state index in [-0.39, 0.29) is 25.3 Å². The molecule has 1 aromatic carbocycles. The van der Waals surface area contributed by atoms with Gasteiger partial charge in [-0.1, -0.05) is 73.8 Å². The summed E-state index contributed by atoms with van der Waals surface area (Å²) in [5.74, 6) is 0.756. The van der Waals surface area contributed by atoms with Crippen molar-refractivity contribution in [2.24, 2.45) is 16.2 Å². The van der Waals surface area contributed by atoms with Gasteiger partial charge in [0.2, 0.25) is 5.91 Å². The topological polar surface area (TPSA) is 38.3 Å². The number of fused-ring (bicyclic) bond motifs is 1. The summed E-state index contributed by atoms with van der Waals surface area (Å²) < 4.78 is 5.53. The number of anilines is 1. The zero-order valence-corrected chi connectivity index (χ0v) is 18.1. The van der Waals surface area contributed by atoms with Crippen molar-refractivity contribution < 1.29 is 9.53 Å². The van der Waals surface area contributed by atoms with Crippen molar-refractivity contribution in [2.45, 2.75) is 35.3 Å². The van der Waals surface area contributed by atoms with Crippen LogP contribution in [-0.2, 0) is 4.79 Å². The first-order valence-electron chi connectivity index (χ1n) is 7.62. The van der Waals surface area contributed by atoms with Gasteiger partial charge in [-0.05, 0) is 30.4 Å². The van der Waals surface area contributed by atoms with Gasteiger partial charge in [-0.25, -0.2) is 0 Å². The Bertz CT molecular complexity index is 648. The summed E-state index contributed by atoms with van der Waals surface area (Å²) in [7, 11) is 1.62. The van der Waals surface area contributed by atoms with E-state index in [1.807, 2.05) is 24.3 Å². The molecular formula is C17H20Br3NO2. The molecule has 1 aromatic rings. The Labute approximate surface area is 162 Å². The molecule has 23 heavy (non-hydrogen) atoms. The zero-order valence-electron chi connectivity index (χ0n) is 13.3. The molecule has 0 heterocycles. The van der Waals surface area contributed by atoms with E-state index in [1.165, 1.54) is 0 Å². The number of methoxy groups -OCH3 is 1. The van der Waals surface area contributed by atoms with Gasteiger partial charge in [-0.15, -0.1) is 0 Å². The number of benzene rings is 1. The van der Waals surface area contributed by atoms with Crippen LogP contribution >= 0.6 is 47.8 Å². The monoisotopic (exact) mass is 507 g/mol. The van der Waals surface area contributed by atoms with Crippen LogP contribution in [0.1, 0.15) is 26.7 Å². The normalized spacial score (nSPS) is 34.1. The highest BCUT2D eigenvalue weighted by Crippen LogP contribution is 2.82. The minimum Gasteiger partial charge on any atom is -0.495 e. The predicted molar refractivity (Wildman–Crippen MR) is 104 cm³/mol. The Balaban J connectivity index is 1.92. The number of hydrogen-bond donors (Lipinski definition) is 1. The van der Waals surface area contributed by atoms with Crippen LogP contribution in [0, 0.1) is 16.2 Å². The SMILES string of the molecule is COc1ccccc1NC(=O)[C@]12CC[C@@](C(Br)Br)([C@H]1Br)C2(C)C. The van der Waals surface area contributed by atoms with E-state index in [1.54, 1.807) is 7.11 Å². The second-order valence-corrected chi connectivity index (χ2v) is 10.9. The van der Waals surface area contributed by atoms with Crippen molar-refractivity contribution in [1.82, 2.24) is 0 Å². The van der Waals surface area contributed by atoms with Crippen LogP contribution in [0.4, 0.5) is 5.69 Å². The van der Waals surface area contributed by atoms with Crippen molar-refractivity contribution in [3.63, 3.8) is 0 Å². The van der Waals surface area contributed by atoms with E-state index < -0.39 is 5.41 Å². The Morgan fingerprint density at radius 1 is 1.30 bits per heavy atom. The number of rotatable bonds is 4. The zero-order chi connectivity index (χ0) is 17.0. The van der Waals surface area contributed by atoms with Crippen LogP contribution in [0.2, 0.25) is 0 Å². The average molecular weight is 510 g/mol. The predicted octanol–water partition coefficient (Wildman–Crippen LogP) is 5.32. The third-order valence-corrected chi connectivity index (χ3v) is 9.48. The maximum atomic E-state index is 13.2. The Morgan fingerprint density at radius 3 is 2.48 bits per heavy atom. The minimum atomic E-state index is -0.409. The third kappa shape index (κ3) is 2.00. The number of amides is 1. The maximum absolute atomic E-state index is 13.2. The highest BCUT2D eigenvalue weighted by atomic mass is 79.9. The molecular weight excluding hydrogens is 490 g/mol. The summed E-state index contributed by atoms with van der Waals surface area (Å²) in [5.41, 5.74) is 0.236. The number of carbonyl (C=O) groups is 1. The summed E-state index contributed by atoms with van der Waals surface area (Å²) >= 11 is 11.3. The lowest BCUT2D eigenvalue weighted by molar-refractivity contribution is -0.155. The minimum absolute atomic E-state index is 0.0329. The highest BCUT2D eigenvalue weighted by molar-refractivity contribution is 9.24. The first kappa shape index (κ1) is 17.7. The fourth-order valence-corrected chi connectivity index (χ4v) is 9.60. The van der Waals surface area contributed by atoms with Crippen LogP contribution in [-0.4, -0.2) is 21.6 Å². The molecule has 1 N–H and O–H groups in total. The first-order valence-corrected chi connectivity index (χ1v) is 10.4. The van der Waals surface area contributed by atoms with E-state index in [4.69, 9.17) is 4.74 Å². The molecule has 3 fully saturated rings. The van der Waals surface area contributed by atoms with Gasteiger partial charge in [0.15, 0.2) is 0 Å². The molecule has 0 spiro atoms. The lowest BCUT2D eigenvalue weighted by Crippen LogP contribution is -2.71. The molecule has 4 rings (SSSR count). The number of halogens is 3. The van der Waals surface area contributed by atoms with Gasteiger partial charge < -0.3 is 10.1 Å². The number of ether oxygens (including phenoxy) is 1. The Kier molecular flexibility index (Phi) is 4.42. The van der Waals surface area contributed by atoms with E-state index in [2.05, 4.69) is 67.0 Å². The molecule has 0 unspecified atom stereocenters. The standard InChI is InChI=1S/C17H20Br3NO2/c1-15(2)16(13(19)20)8-9-17(15,12(16)18)14(22)21-10-6-4-5-7-11(10)23-3/h4-7,12-13H,8-9H2,1-3H3,(H,21,22)/t12-,16+,17+/m1/s1. The fourth-order valence-electron chi connectivity index (χ4n) is 4.68. The van der Waals surface area contributed by atoms with Gasteiger partial charge in [0.05, 0.1) is 21.9 Å². The van der Waals surface area contributed by atoms with Crippen LogP contribution in [0.3, 0.4) is 0 Å². The molecule has 3 aliphatic carbocycles. The van der Waals surface area contributed by atoms with Crippen molar-refractivity contribution >= 4 is 59.4 Å². The summed E-state index contributed by atoms with van der Waals surface area (Å²) in [4.78, 5) is 13.3. The summed E-state index contributed by atoms with van der Waals surface area (Å²) in [6.07, 6.45) is 1.89. The van der Waals surface area contributed by atoms with Gasteiger partial charge >= 0.3 is 0 Å². The van der Waals surface area contributed by atoms with Gasteiger partial charge in [-0.2, -0.15) is 0 Å². The van der Waals surface area contributed by atoms with Crippen LogP contribution in [0.25, 0.3) is 0 Å². The number of alkyl halides is 3. The quantitative estimate of drug-likeness (QED) is 0.558. The molecule has 126 valence electrons. The molecule has 3 saturated carbocycles. The second-order valence-electron chi connectivity index (χ2n) is 6.95. The van der Waals surface area contributed by atoms with E-state index in [0.29, 0.717) is 5.75 Å².